The summed E-state index contributed by atoms with van der Waals surface area (Å²) in [6.45, 7) is 1.51. The zero-order valence-electron chi connectivity index (χ0n) is 18.6. The molecule has 0 saturated heterocycles. The number of methoxy groups -OCH3 is 2. The monoisotopic (exact) mass is 470 g/mol. The van der Waals surface area contributed by atoms with Crippen molar-refractivity contribution >= 4 is 21.6 Å². The molecule has 0 aliphatic carbocycles. The first-order valence-corrected chi connectivity index (χ1v) is 11.6. The molecule has 0 heterocycles. The van der Waals surface area contributed by atoms with Crippen LogP contribution in [0.4, 0.5) is 5.69 Å². The van der Waals surface area contributed by atoms with Gasteiger partial charge in [-0.3, -0.25) is 4.79 Å². The van der Waals surface area contributed by atoms with Gasteiger partial charge in [0.25, 0.3) is 5.91 Å². The Bertz CT molecular complexity index is 1180. The molecule has 0 bridgehead atoms. The fraction of sp³-hybridized carbons (Fsp3) is 0.208. The number of carbonyl (C=O) groups excluding carboxylic acids is 1. The Labute approximate surface area is 193 Å². The maximum atomic E-state index is 12.7. The summed E-state index contributed by atoms with van der Waals surface area (Å²) >= 11 is 0. The van der Waals surface area contributed by atoms with Gasteiger partial charge < -0.3 is 19.5 Å². The highest BCUT2D eigenvalue weighted by atomic mass is 32.2. The average Bonchev–Trinajstić information content (AvgIpc) is 2.83. The summed E-state index contributed by atoms with van der Waals surface area (Å²) in [5, 5.41) is 2.70. The van der Waals surface area contributed by atoms with Crippen LogP contribution in [0.2, 0.25) is 0 Å². The summed E-state index contributed by atoms with van der Waals surface area (Å²) in [7, 11) is -0.696. The Morgan fingerprint density at radius 2 is 1.58 bits per heavy atom. The summed E-state index contributed by atoms with van der Waals surface area (Å²) in [5.74, 6) is 1.00. The second kappa shape index (κ2) is 10.8. The van der Waals surface area contributed by atoms with Gasteiger partial charge in [-0.05, 0) is 48.9 Å². The van der Waals surface area contributed by atoms with Gasteiger partial charge in [0.05, 0.1) is 24.8 Å². The molecular formula is C24H26N2O6S. The highest BCUT2D eigenvalue weighted by molar-refractivity contribution is 7.89. The van der Waals surface area contributed by atoms with Crippen LogP contribution in [-0.2, 0) is 14.8 Å². The molecule has 1 atom stereocenters. The van der Waals surface area contributed by atoms with E-state index in [1.807, 2.05) is 30.3 Å². The minimum Gasteiger partial charge on any atom is -0.497 e. The van der Waals surface area contributed by atoms with Crippen LogP contribution in [0, 0.1) is 0 Å². The summed E-state index contributed by atoms with van der Waals surface area (Å²) in [6.07, 6.45) is 0. The summed E-state index contributed by atoms with van der Waals surface area (Å²) in [6, 6.07) is 19.8. The maximum Gasteiger partial charge on any atom is 0.262 e. The normalized spacial score (nSPS) is 12.0. The standard InChI is InChI=1S/C24H26N2O6S/c1-17(18-7-5-4-6-8-18)26-33(28,29)21-12-9-19(10-13-21)32-16-24(27)25-22-15-20(30-2)11-14-23(22)31-3/h4-15,17,26H,16H2,1-3H3,(H,25,27)/t17-/m1/s1. The Hall–Kier alpha value is -3.56. The fourth-order valence-corrected chi connectivity index (χ4v) is 4.30. The van der Waals surface area contributed by atoms with Crippen LogP contribution >= 0.6 is 0 Å². The molecule has 0 saturated carbocycles. The molecule has 33 heavy (non-hydrogen) atoms. The van der Waals surface area contributed by atoms with Crippen LogP contribution in [0.15, 0.2) is 77.7 Å². The Morgan fingerprint density at radius 1 is 0.909 bits per heavy atom. The summed E-state index contributed by atoms with van der Waals surface area (Å²) in [5.41, 5.74) is 1.31. The van der Waals surface area contributed by atoms with E-state index in [-0.39, 0.29) is 17.5 Å². The first kappa shape index (κ1) is 24.1. The molecule has 1 amide bonds. The number of hydrogen-bond acceptors (Lipinski definition) is 6. The number of benzene rings is 3. The van der Waals surface area contributed by atoms with Gasteiger partial charge in [-0.1, -0.05) is 30.3 Å². The van der Waals surface area contributed by atoms with Gasteiger partial charge in [-0.25, -0.2) is 13.1 Å². The number of anilines is 1. The number of sulfonamides is 1. The van der Waals surface area contributed by atoms with Crippen LogP contribution in [0.5, 0.6) is 17.2 Å². The molecule has 0 fully saturated rings. The molecule has 0 aliphatic rings. The van der Waals surface area contributed by atoms with Crippen molar-refractivity contribution in [2.24, 2.45) is 0 Å². The zero-order valence-corrected chi connectivity index (χ0v) is 19.4. The molecular weight excluding hydrogens is 444 g/mol. The molecule has 0 unspecified atom stereocenters. The average molecular weight is 471 g/mol. The van der Waals surface area contributed by atoms with Crippen LogP contribution in [0.25, 0.3) is 0 Å². The molecule has 3 rings (SSSR count). The second-order valence-electron chi connectivity index (χ2n) is 7.13. The zero-order chi connectivity index (χ0) is 23.8. The van der Waals surface area contributed by atoms with Crippen LogP contribution in [0.1, 0.15) is 18.5 Å². The predicted octanol–water partition coefficient (Wildman–Crippen LogP) is 3.76. The van der Waals surface area contributed by atoms with Crippen molar-refractivity contribution in [2.45, 2.75) is 17.9 Å². The van der Waals surface area contributed by atoms with E-state index in [2.05, 4.69) is 10.0 Å². The van der Waals surface area contributed by atoms with E-state index in [9.17, 15) is 13.2 Å². The van der Waals surface area contributed by atoms with Gasteiger partial charge in [0.2, 0.25) is 10.0 Å². The van der Waals surface area contributed by atoms with E-state index >= 15 is 0 Å². The van der Waals surface area contributed by atoms with E-state index < -0.39 is 15.9 Å². The molecule has 0 aliphatic heterocycles. The van der Waals surface area contributed by atoms with Crippen molar-refractivity contribution in [3.8, 4) is 17.2 Å². The molecule has 3 aromatic carbocycles. The van der Waals surface area contributed by atoms with Gasteiger partial charge in [0.1, 0.15) is 17.2 Å². The van der Waals surface area contributed by atoms with Crippen molar-refractivity contribution in [3.63, 3.8) is 0 Å². The van der Waals surface area contributed by atoms with Crippen molar-refractivity contribution < 1.29 is 27.4 Å². The Kier molecular flexibility index (Phi) is 7.92. The molecule has 0 spiro atoms. The van der Waals surface area contributed by atoms with E-state index in [1.165, 1.54) is 38.5 Å². The fourth-order valence-electron chi connectivity index (χ4n) is 3.07. The molecule has 3 aromatic rings. The van der Waals surface area contributed by atoms with Gasteiger partial charge in [-0.2, -0.15) is 0 Å². The lowest BCUT2D eigenvalue weighted by atomic mass is 10.1. The Morgan fingerprint density at radius 3 is 2.21 bits per heavy atom. The third-order valence-corrected chi connectivity index (χ3v) is 6.37. The minimum absolute atomic E-state index is 0.100. The maximum absolute atomic E-state index is 12.7. The van der Waals surface area contributed by atoms with Crippen LogP contribution in [-0.4, -0.2) is 35.2 Å². The Balaban J connectivity index is 1.59. The molecule has 174 valence electrons. The van der Waals surface area contributed by atoms with Gasteiger partial charge >= 0.3 is 0 Å². The smallest absolute Gasteiger partial charge is 0.262 e. The van der Waals surface area contributed by atoms with Gasteiger partial charge in [0.15, 0.2) is 6.61 Å². The molecule has 8 nitrogen and oxygen atoms in total. The predicted molar refractivity (Wildman–Crippen MR) is 125 cm³/mol. The van der Waals surface area contributed by atoms with E-state index in [1.54, 1.807) is 25.1 Å². The first-order chi connectivity index (χ1) is 15.8. The van der Waals surface area contributed by atoms with Crippen molar-refractivity contribution in [1.82, 2.24) is 4.72 Å². The number of rotatable bonds is 10. The largest absolute Gasteiger partial charge is 0.497 e. The molecule has 0 radical (unpaired) electrons. The van der Waals surface area contributed by atoms with Gasteiger partial charge in [0, 0.05) is 12.1 Å². The van der Waals surface area contributed by atoms with Crippen molar-refractivity contribution in [2.75, 3.05) is 26.1 Å². The van der Waals surface area contributed by atoms with E-state index in [0.29, 0.717) is 22.9 Å². The highest BCUT2D eigenvalue weighted by Gasteiger charge is 2.18. The molecule has 9 heteroatoms. The first-order valence-electron chi connectivity index (χ1n) is 10.1. The number of hydrogen-bond donors (Lipinski definition) is 2. The number of nitrogens with one attached hydrogen (secondary N) is 2. The molecule has 0 aromatic heterocycles. The van der Waals surface area contributed by atoms with Crippen molar-refractivity contribution in [1.29, 1.82) is 0 Å². The molecule has 2 N–H and O–H groups in total. The third-order valence-electron chi connectivity index (χ3n) is 4.82. The second-order valence-corrected chi connectivity index (χ2v) is 8.84. The highest BCUT2D eigenvalue weighted by Crippen LogP contribution is 2.29. The van der Waals surface area contributed by atoms with Crippen molar-refractivity contribution in [3.05, 3.63) is 78.4 Å². The van der Waals surface area contributed by atoms with Crippen LogP contribution in [0.3, 0.4) is 0 Å². The van der Waals surface area contributed by atoms with Crippen LogP contribution < -0.4 is 24.2 Å². The topological polar surface area (TPSA) is 103 Å². The number of carbonyl (C=O) groups is 1. The SMILES string of the molecule is COc1ccc(OC)c(NC(=O)COc2ccc(S(=O)(=O)N[C@H](C)c3ccccc3)cc2)c1. The lowest BCUT2D eigenvalue weighted by molar-refractivity contribution is -0.118. The summed E-state index contributed by atoms with van der Waals surface area (Å²) in [4.78, 5) is 12.4. The minimum atomic E-state index is -3.72. The number of amides is 1. The lowest BCUT2D eigenvalue weighted by Crippen LogP contribution is -2.26. The summed E-state index contributed by atoms with van der Waals surface area (Å²) < 4.78 is 43.9. The van der Waals surface area contributed by atoms with E-state index in [0.717, 1.165) is 5.56 Å². The number of ether oxygens (including phenoxy) is 3. The van der Waals surface area contributed by atoms with E-state index in [4.69, 9.17) is 14.2 Å². The quantitative estimate of drug-likeness (QED) is 0.468. The lowest BCUT2D eigenvalue weighted by Gasteiger charge is -2.15. The van der Waals surface area contributed by atoms with Gasteiger partial charge in [-0.15, -0.1) is 0 Å². The third kappa shape index (κ3) is 6.47.